The van der Waals surface area contributed by atoms with E-state index < -0.39 is 0 Å². The molecule has 0 bridgehead atoms. The van der Waals surface area contributed by atoms with Gasteiger partial charge >= 0.3 is 0 Å². The maximum atomic E-state index is 13.3. The molecule has 0 amide bonds. The zero-order valence-corrected chi connectivity index (χ0v) is 12.2. The van der Waals surface area contributed by atoms with E-state index in [9.17, 15) is 4.39 Å². The van der Waals surface area contributed by atoms with E-state index >= 15 is 0 Å². The van der Waals surface area contributed by atoms with Crippen LogP contribution >= 0.6 is 27.5 Å². The van der Waals surface area contributed by atoms with Gasteiger partial charge in [-0.05, 0) is 48.0 Å². The average molecular weight is 339 g/mol. The lowest BCUT2D eigenvalue weighted by Gasteiger charge is -2.08. The minimum Gasteiger partial charge on any atom is -0.343 e. The van der Waals surface area contributed by atoms with Gasteiger partial charge in [0.15, 0.2) is 0 Å². The van der Waals surface area contributed by atoms with E-state index in [2.05, 4.69) is 26.6 Å². The minimum absolute atomic E-state index is 0.265. The highest BCUT2D eigenvalue weighted by Gasteiger charge is 2.06. The molecule has 2 aromatic carbocycles. The summed E-state index contributed by atoms with van der Waals surface area (Å²) >= 11 is 9.55. The van der Waals surface area contributed by atoms with Crippen molar-refractivity contribution >= 4 is 38.4 Å². The van der Waals surface area contributed by atoms with Crippen molar-refractivity contribution in [2.75, 3.05) is 0 Å². The summed E-state index contributed by atoms with van der Waals surface area (Å²) in [6.45, 7) is 0.557. The maximum absolute atomic E-state index is 13.3. The molecule has 0 saturated carbocycles. The van der Waals surface area contributed by atoms with Crippen molar-refractivity contribution in [3.63, 3.8) is 0 Å². The first kappa shape index (κ1) is 12.7. The molecule has 0 unspecified atom stereocenters. The lowest BCUT2D eigenvalue weighted by molar-refractivity contribution is 0.624. The topological polar surface area (TPSA) is 4.93 Å². The van der Waals surface area contributed by atoms with Crippen molar-refractivity contribution in [3.8, 4) is 0 Å². The lowest BCUT2D eigenvalue weighted by Crippen LogP contribution is -1.99. The fourth-order valence-electron chi connectivity index (χ4n) is 2.16. The van der Waals surface area contributed by atoms with Gasteiger partial charge in [-0.25, -0.2) is 4.39 Å². The molecule has 0 fully saturated rings. The molecule has 0 spiro atoms. The molecular weight excluding hydrogens is 329 g/mol. The van der Waals surface area contributed by atoms with Crippen LogP contribution in [0.5, 0.6) is 0 Å². The summed E-state index contributed by atoms with van der Waals surface area (Å²) in [5.41, 5.74) is 1.88. The standard InChI is InChI=1S/C15H10BrClFN/c16-12-1-4-15-10(7-12)5-6-19(15)9-11-8-13(18)2-3-14(11)17/h1-8H,9H2. The molecule has 1 nitrogen and oxygen atoms in total. The van der Waals surface area contributed by atoms with E-state index in [4.69, 9.17) is 11.6 Å². The molecule has 0 aliphatic rings. The molecule has 1 aromatic heterocycles. The molecule has 0 N–H and O–H groups in total. The van der Waals surface area contributed by atoms with Crippen molar-refractivity contribution in [1.82, 2.24) is 4.57 Å². The van der Waals surface area contributed by atoms with E-state index in [0.29, 0.717) is 11.6 Å². The Bertz CT molecular complexity index is 751. The van der Waals surface area contributed by atoms with Gasteiger partial charge in [-0.15, -0.1) is 0 Å². The van der Waals surface area contributed by atoms with Gasteiger partial charge in [0.05, 0.1) is 0 Å². The van der Waals surface area contributed by atoms with E-state index in [-0.39, 0.29) is 5.82 Å². The second-order valence-corrected chi connectivity index (χ2v) is 5.71. The third-order valence-corrected chi connectivity index (χ3v) is 3.94. The summed E-state index contributed by atoms with van der Waals surface area (Å²) in [7, 11) is 0. The smallest absolute Gasteiger partial charge is 0.123 e. The maximum Gasteiger partial charge on any atom is 0.123 e. The molecule has 0 atom stereocenters. The van der Waals surface area contributed by atoms with Crippen molar-refractivity contribution in [2.24, 2.45) is 0 Å². The van der Waals surface area contributed by atoms with Gasteiger partial charge < -0.3 is 4.57 Å². The molecule has 0 radical (unpaired) electrons. The fourth-order valence-corrected chi connectivity index (χ4v) is 2.71. The molecule has 1 heterocycles. The number of fused-ring (bicyclic) bond motifs is 1. The Kier molecular flexibility index (Phi) is 3.33. The van der Waals surface area contributed by atoms with Gasteiger partial charge in [0.2, 0.25) is 0 Å². The van der Waals surface area contributed by atoms with E-state index in [1.807, 2.05) is 24.4 Å². The van der Waals surface area contributed by atoms with Crippen LogP contribution in [-0.4, -0.2) is 4.57 Å². The Hall–Kier alpha value is -1.32. The number of hydrogen-bond acceptors (Lipinski definition) is 0. The summed E-state index contributed by atoms with van der Waals surface area (Å²) in [6.07, 6.45) is 1.98. The number of aromatic nitrogens is 1. The van der Waals surface area contributed by atoms with Crippen molar-refractivity contribution in [1.29, 1.82) is 0 Å². The minimum atomic E-state index is -0.265. The molecule has 0 aliphatic heterocycles. The predicted molar refractivity (Wildman–Crippen MR) is 80.2 cm³/mol. The average Bonchev–Trinajstić information content (AvgIpc) is 2.76. The largest absolute Gasteiger partial charge is 0.343 e. The van der Waals surface area contributed by atoms with Crippen LogP contribution in [0.1, 0.15) is 5.56 Å². The van der Waals surface area contributed by atoms with E-state index in [0.717, 1.165) is 20.9 Å². The number of halogens is 3. The van der Waals surface area contributed by atoms with Crippen LogP contribution in [0.25, 0.3) is 10.9 Å². The molecule has 4 heteroatoms. The van der Waals surface area contributed by atoms with Crippen LogP contribution in [0.2, 0.25) is 5.02 Å². The molecule has 19 heavy (non-hydrogen) atoms. The Morgan fingerprint density at radius 1 is 1.11 bits per heavy atom. The second-order valence-electron chi connectivity index (χ2n) is 4.38. The van der Waals surface area contributed by atoms with Crippen LogP contribution < -0.4 is 0 Å². The summed E-state index contributed by atoms with van der Waals surface area (Å²) in [6, 6.07) is 12.6. The highest BCUT2D eigenvalue weighted by atomic mass is 79.9. The SMILES string of the molecule is Fc1ccc(Cl)c(Cn2ccc3cc(Br)ccc32)c1. The first-order valence-electron chi connectivity index (χ1n) is 5.82. The fraction of sp³-hybridized carbons (Fsp3) is 0.0667. The first-order chi connectivity index (χ1) is 9.13. The molecule has 0 aliphatic carbocycles. The number of hydrogen-bond donors (Lipinski definition) is 0. The molecule has 3 aromatic rings. The number of benzene rings is 2. The first-order valence-corrected chi connectivity index (χ1v) is 6.99. The van der Waals surface area contributed by atoms with Crippen LogP contribution in [-0.2, 0) is 6.54 Å². The monoisotopic (exact) mass is 337 g/mol. The third kappa shape index (κ3) is 2.53. The van der Waals surface area contributed by atoms with Crippen LogP contribution in [0.4, 0.5) is 4.39 Å². The second kappa shape index (κ2) is 4.99. The Morgan fingerprint density at radius 3 is 2.79 bits per heavy atom. The summed E-state index contributed by atoms with van der Waals surface area (Å²) < 4.78 is 16.4. The summed E-state index contributed by atoms with van der Waals surface area (Å²) in [4.78, 5) is 0. The van der Waals surface area contributed by atoms with Crippen LogP contribution in [0, 0.1) is 5.82 Å². The zero-order valence-electron chi connectivity index (χ0n) is 9.91. The molecule has 0 saturated heterocycles. The van der Waals surface area contributed by atoms with Gasteiger partial charge in [0.25, 0.3) is 0 Å². The quantitative estimate of drug-likeness (QED) is 0.602. The van der Waals surface area contributed by atoms with Crippen LogP contribution in [0.15, 0.2) is 53.1 Å². The Balaban J connectivity index is 2.03. The lowest BCUT2D eigenvalue weighted by atomic mass is 10.2. The van der Waals surface area contributed by atoms with Gasteiger partial charge in [0, 0.05) is 33.1 Å². The molecule has 3 rings (SSSR count). The summed E-state index contributed by atoms with van der Waals surface area (Å²) in [5, 5.41) is 1.72. The summed E-state index contributed by atoms with van der Waals surface area (Å²) in [5.74, 6) is -0.265. The van der Waals surface area contributed by atoms with Crippen LogP contribution in [0.3, 0.4) is 0 Å². The Morgan fingerprint density at radius 2 is 1.95 bits per heavy atom. The van der Waals surface area contributed by atoms with Crippen molar-refractivity contribution < 1.29 is 4.39 Å². The van der Waals surface area contributed by atoms with Gasteiger partial charge in [0.1, 0.15) is 5.82 Å². The normalized spacial score (nSPS) is 11.1. The third-order valence-electron chi connectivity index (χ3n) is 3.08. The van der Waals surface area contributed by atoms with Gasteiger partial charge in [-0.2, -0.15) is 0 Å². The number of rotatable bonds is 2. The van der Waals surface area contributed by atoms with Crippen molar-refractivity contribution in [2.45, 2.75) is 6.54 Å². The predicted octanol–water partition coefficient (Wildman–Crippen LogP) is 5.24. The van der Waals surface area contributed by atoms with Gasteiger partial charge in [-0.3, -0.25) is 0 Å². The Labute approximate surface area is 123 Å². The van der Waals surface area contributed by atoms with E-state index in [1.54, 1.807) is 6.07 Å². The molecule has 96 valence electrons. The van der Waals surface area contributed by atoms with Crippen molar-refractivity contribution in [3.05, 3.63) is 69.5 Å². The zero-order chi connectivity index (χ0) is 13.4. The highest BCUT2D eigenvalue weighted by Crippen LogP contribution is 2.24. The van der Waals surface area contributed by atoms with E-state index in [1.165, 1.54) is 12.1 Å². The molecular formula is C15H10BrClFN. The number of nitrogens with zero attached hydrogens (tertiary/aromatic N) is 1. The highest BCUT2D eigenvalue weighted by molar-refractivity contribution is 9.10. The van der Waals surface area contributed by atoms with Gasteiger partial charge in [-0.1, -0.05) is 27.5 Å².